The number of halogens is 1. The molecule has 2 rings (SSSR count). The normalized spacial score (nSPS) is 25.4. The van der Waals surface area contributed by atoms with Gasteiger partial charge in [-0.05, 0) is 39.7 Å². The maximum atomic E-state index is 12.5. The van der Waals surface area contributed by atoms with Crippen LogP contribution in [0.1, 0.15) is 13.3 Å². The summed E-state index contributed by atoms with van der Waals surface area (Å²) in [5.41, 5.74) is 0. The number of carbonyl (C=O) groups is 1. The Kier molecular flexibility index (Phi) is 4.34. The summed E-state index contributed by atoms with van der Waals surface area (Å²) in [6, 6.07) is 1.68. The van der Waals surface area contributed by atoms with E-state index in [0.717, 1.165) is 11.3 Å². The Morgan fingerprint density at radius 3 is 2.74 bits per heavy atom. The monoisotopic (exact) mass is 367 g/mol. The molecule has 1 aliphatic heterocycles. The molecule has 8 heteroatoms. The molecule has 19 heavy (non-hydrogen) atoms. The lowest BCUT2D eigenvalue weighted by molar-refractivity contribution is -0.143. The van der Waals surface area contributed by atoms with Crippen LogP contribution >= 0.6 is 27.3 Å². The topological polar surface area (TPSA) is 74.7 Å². The van der Waals surface area contributed by atoms with Crippen LogP contribution in [0, 0.1) is 11.8 Å². The molecule has 0 radical (unpaired) electrons. The zero-order valence-electron chi connectivity index (χ0n) is 10.2. The van der Waals surface area contributed by atoms with Gasteiger partial charge < -0.3 is 5.11 Å². The summed E-state index contributed by atoms with van der Waals surface area (Å²) in [7, 11) is -3.61. The van der Waals surface area contributed by atoms with Crippen molar-refractivity contribution in [2.75, 3.05) is 13.1 Å². The Bertz CT molecular complexity index is 583. The summed E-state index contributed by atoms with van der Waals surface area (Å²) in [5, 5.41) is 10.8. The molecule has 1 aromatic rings. The zero-order valence-corrected chi connectivity index (χ0v) is 13.5. The Morgan fingerprint density at radius 2 is 2.21 bits per heavy atom. The number of piperidine rings is 1. The maximum Gasteiger partial charge on any atom is 0.307 e. The molecule has 1 saturated heterocycles. The molecule has 0 bridgehead atoms. The van der Waals surface area contributed by atoms with Gasteiger partial charge in [-0.25, -0.2) is 8.42 Å². The van der Waals surface area contributed by atoms with Gasteiger partial charge in [0.1, 0.15) is 4.21 Å². The van der Waals surface area contributed by atoms with Crippen molar-refractivity contribution in [2.45, 2.75) is 17.6 Å². The van der Waals surface area contributed by atoms with Gasteiger partial charge in [0.15, 0.2) is 0 Å². The number of nitrogens with zero attached hydrogens (tertiary/aromatic N) is 1. The number of hydrogen-bond donors (Lipinski definition) is 1. The summed E-state index contributed by atoms with van der Waals surface area (Å²) in [6.07, 6.45) is 0.521. The van der Waals surface area contributed by atoms with E-state index in [2.05, 4.69) is 15.9 Å². The Labute approximate surface area is 124 Å². The highest BCUT2D eigenvalue weighted by Gasteiger charge is 2.37. The van der Waals surface area contributed by atoms with Gasteiger partial charge in [-0.2, -0.15) is 4.31 Å². The maximum absolute atomic E-state index is 12.5. The van der Waals surface area contributed by atoms with E-state index < -0.39 is 21.9 Å². The number of hydrogen-bond acceptors (Lipinski definition) is 4. The second kappa shape index (κ2) is 5.51. The molecule has 1 N–H and O–H groups in total. The fourth-order valence-electron chi connectivity index (χ4n) is 2.26. The lowest BCUT2D eigenvalue weighted by atomic mass is 9.92. The van der Waals surface area contributed by atoms with Crippen LogP contribution < -0.4 is 0 Å². The second-order valence-electron chi connectivity index (χ2n) is 4.75. The van der Waals surface area contributed by atoms with E-state index in [9.17, 15) is 13.2 Å². The van der Waals surface area contributed by atoms with Crippen LogP contribution in [0.3, 0.4) is 0 Å². The average molecular weight is 368 g/mol. The number of rotatable bonds is 3. The number of carboxylic acid groups (broad SMARTS) is 1. The quantitative estimate of drug-likeness (QED) is 0.888. The highest BCUT2D eigenvalue weighted by atomic mass is 79.9. The van der Waals surface area contributed by atoms with Crippen molar-refractivity contribution in [1.82, 2.24) is 4.31 Å². The molecular weight excluding hydrogens is 354 g/mol. The second-order valence-corrected chi connectivity index (χ2v) is 8.66. The molecule has 0 aliphatic carbocycles. The third-order valence-electron chi connectivity index (χ3n) is 3.13. The van der Waals surface area contributed by atoms with Gasteiger partial charge in [-0.1, -0.05) is 6.92 Å². The van der Waals surface area contributed by atoms with Crippen molar-refractivity contribution in [3.8, 4) is 0 Å². The van der Waals surface area contributed by atoms with Gasteiger partial charge in [0.25, 0.3) is 10.0 Å². The van der Waals surface area contributed by atoms with Gasteiger partial charge in [0.2, 0.25) is 0 Å². The van der Waals surface area contributed by atoms with Gasteiger partial charge >= 0.3 is 5.97 Å². The van der Waals surface area contributed by atoms with Crippen LogP contribution in [0.25, 0.3) is 0 Å². The summed E-state index contributed by atoms with van der Waals surface area (Å²) in [4.78, 5) is 11.1. The standard InChI is InChI=1S/C11H14BrNO4S2/c1-7-4-8(10(14)15)6-13(5-7)19(16,17)11-9(12)2-3-18-11/h2-3,7-8H,4-6H2,1H3,(H,14,15). The first-order chi connectivity index (χ1) is 8.82. The predicted octanol–water partition coefficient (Wildman–Crippen LogP) is 2.24. The van der Waals surface area contributed by atoms with E-state index in [4.69, 9.17) is 5.11 Å². The summed E-state index contributed by atoms with van der Waals surface area (Å²) >= 11 is 4.35. The summed E-state index contributed by atoms with van der Waals surface area (Å²) in [6.45, 7) is 2.30. The van der Waals surface area contributed by atoms with E-state index in [1.807, 2.05) is 6.92 Å². The minimum absolute atomic E-state index is 0.0448. The molecule has 106 valence electrons. The van der Waals surface area contributed by atoms with E-state index >= 15 is 0 Å². The smallest absolute Gasteiger partial charge is 0.307 e. The molecule has 0 aromatic carbocycles. The molecular formula is C11H14BrNO4S2. The Hall–Kier alpha value is -0.440. The fourth-order valence-corrected chi connectivity index (χ4v) is 6.31. The largest absolute Gasteiger partial charge is 0.481 e. The van der Waals surface area contributed by atoms with Gasteiger partial charge in [-0.3, -0.25) is 4.79 Å². The van der Waals surface area contributed by atoms with Crippen LogP contribution in [0.5, 0.6) is 0 Å². The van der Waals surface area contributed by atoms with Crippen molar-refractivity contribution in [2.24, 2.45) is 11.8 Å². The fraction of sp³-hybridized carbons (Fsp3) is 0.545. The first kappa shape index (κ1) is 15.0. The molecule has 1 fully saturated rings. The third kappa shape index (κ3) is 3.01. The minimum atomic E-state index is -3.61. The third-order valence-corrected chi connectivity index (χ3v) is 7.61. The summed E-state index contributed by atoms with van der Waals surface area (Å²) < 4.78 is 27.1. The number of aliphatic carboxylic acids is 1. The number of carboxylic acids is 1. The molecule has 1 aromatic heterocycles. The number of thiophene rings is 1. The molecule has 0 spiro atoms. The van der Waals surface area contributed by atoms with Crippen molar-refractivity contribution in [1.29, 1.82) is 0 Å². The molecule has 2 heterocycles. The highest BCUT2D eigenvalue weighted by molar-refractivity contribution is 9.10. The van der Waals surface area contributed by atoms with Gasteiger partial charge in [0.05, 0.1) is 5.92 Å². The predicted molar refractivity (Wildman–Crippen MR) is 75.7 cm³/mol. The van der Waals surface area contributed by atoms with E-state index in [1.165, 1.54) is 4.31 Å². The highest BCUT2D eigenvalue weighted by Crippen LogP contribution is 2.33. The molecule has 2 atom stereocenters. The first-order valence-electron chi connectivity index (χ1n) is 5.78. The van der Waals surface area contributed by atoms with Crippen molar-refractivity contribution in [3.63, 3.8) is 0 Å². The Balaban J connectivity index is 2.30. The number of sulfonamides is 1. The summed E-state index contributed by atoms with van der Waals surface area (Å²) in [5.74, 6) is -1.52. The lowest BCUT2D eigenvalue weighted by Crippen LogP contribution is -2.45. The molecule has 0 amide bonds. The van der Waals surface area contributed by atoms with Gasteiger partial charge in [0, 0.05) is 17.6 Å². The van der Waals surface area contributed by atoms with E-state index in [0.29, 0.717) is 17.4 Å². The van der Waals surface area contributed by atoms with E-state index in [1.54, 1.807) is 11.4 Å². The molecule has 5 nitrogen and oxygen atoms in total. The van der Waals surface area contributed by atoms with Crippen LogP contribution in [-0.4, -0.2) is 36.9 Å². The average Bonchev–Trinajstić information content (AvgIpc) is 2.75. The minimum Gasteiger partial charge on any atom is -0.481 e. The van der Waals surface area contributed by atoms with Crippen molar-refractivity contribution >= 4 is 43.3 Å². The molecule has 0 saturated carbocycles. The van der Waals surface area contributed by atoms with Crippen LogP contribution in [-0.2, 0) is 14.8 Å². The van der Waals surface area contributed by atoms with E-state index in [-0.39, 0.29) is 16.7 Å². The van der Waals surface area contributed by atoms with Crippen LogP contribution in [0.4, 0.5) is 0 Å². The van der Waals surface area contributed by atoms with Gasteiger partial charge in [-0.15, -0.1) is 11.3 Å². The van der Waals surface area contributed by atoms with Crippen molar-refractivity contribution in [3.05, 3.63) is 15.9 Å². The SMILES string of the molecule is CC1CC(C(=O)O)CN(S(=O)(=O)c2sccc2Br)C1. The first-order valence-corrected chi connectivity index (χ1v) is 8.89. The van der Waals surface area contributed by atoms with Crippen LogP contribution in [0.2, 0.25) is 0 Å². The molecule has 2 unspecified atom stereocenters. The lowest BCUT2D eigenvalue weighted by Gasteiger charge is -2.33. The van der Waals surface area contributed by atoms with Crippen molar-refractivity contribution < 1.29 is 18.3 Å². The molecule has 1 aliphatic rings. The zero-order chi connectivity index (χ0) is 14.2. The Morgan fingerprint density at radius 1 is 1.53 bits per heavy atom. The van der Waals surface area contributed by atoms with Crippen LogP contribution in [0.15, 0.2) is 20.1 Å².